The van der Waals surface area contributed by atoms with Gasteiger partial charge in [-0.1, -0.05) is 49.4 Å². The maximum Gasteiger partial charge on any atom is 0.339 e. The smallest absolute Gasteiger partial charge is 0.339 e. The molecule has 3 aromatic carbocycles. The minimum Gasteiger partial charge on any atom is -0.507 e. The highest BCUT2D eigenvalue weighted by atomic mass is 32.2. The van der Waals surface area contributed by atoms with Crippen LogP contribution in [0.25, 0.3) is 0 Å². The third-order valence-corrected chi connectivity index (χ3v) is 8.52. The van der Waals surface area contributed by atoms with E-state index in [4.69, 9.17) is 4.18 Å². The van der Waals surface area contributed by atoms with Crippen LogP contribution < -0.4 is 9.50 Å². The molecule has 0 aliphatic carbocycles. The van der Waals surface area contributed by atoms with E-state index in [2.05, 4.69) is 30.1 Å². The van der Waals surface area contributed by atoms with Gasteiger partial charge in [-0.2, -0.15) is 8.42 Å². The number of phenols is 1. The Morgan fingerprint density at radius 1 is 1.09 bits per heavy atom. The van der Waals surface area contributed by atoms with E-state index in [0.717, 1.165) is 58.3 Å². The van der Waals surface area contributed by atoms with E-state index in [1.807, 2.05) is 19.1 Å². The second-order valence-corrected chi connectivity index (χ2v) is 10.9. The molecule has 0 saturated heterocycles. The molecule has 0 saturated carbocycles. The molecule has 4 rings (SSSR count). The van der Waals surface area contributed by atoms with Gasteiger partial charge in [0, 0.05) is 36.2 Å². The summed E-state index contributed by atoms with van der Waals surface area (Å²) in [5.41, 5.74) is 3.99. The summed E-state index contributed by atoms with van der Waals surface area (Å²) in [4.78, 5) is 4.25. The molecule has 8 heteroatoms. The number of aromatic hydroxyl groups is 1. The quantitative estimate of drug-likeness (QED) is 0.304. The Kier molecular flexibility index (Phi) is 7.40. The predicted octanol–water partition coefficient (Wildman–Crippen LogP) is 5.28. The molecule has 0 radical (unpaired) electrons. The summed E-state index contributed by atoms with van der Waals surface area (Å²) < 4.78 is 30.9. The summed E-state index contributed by atoms with van der Waals surface area (Å²) in [6, 6.07) is 15.7. The minimum atomic E-state index is -4.00. The van der Waals surface area contributed by atoms with Gasteiger partial charge in [0.1, 0.15) is 16.4 Å². The van der Waals surface area contributed by atoms with Crippen molar-refractivity contribution < 1.29 is 17.7 Å². The van der Waals surface area contributed by atoms with Crippen LogP contribution in [0.3, 0.4) is 0 Å². The Morgan fingerprint density at radius 3 is 2.53 bits per heavy atom. The number of fused-ring (bicyclic) bond motifs is 2. The highest BCUT2D eigenvalue weighted by Gasteiger charge is 2.24. The van der Waals surface area contributed by atoms with E-state index >= 15 is 0 Å². The second kappa shape index (κ2) is 10.3. The molecule has 6 nitrogen and oxygen atoms in total. The monoisotopic (exact) mass is 498 g/mol. The van der Waals surface area contributed by atoms with Gasteiger partial charge in [-0.3, -0.25) is 0 Å². The van der Waals surface area contributed by atoms with Crippen LogP contribution in [0.2, 0.25) is 0 Å². The zero-order valence-electron chi connectivity index (χ0n) is 19.7. The molecule has 0 unspecified atom stereocenters. The summed E-state index contributed by atoms with van der Waals surface area (Å²) in [6.45, 7) is 10.0. The van der Waals surface area contributed by atoms with E-state index < -0.39 is 10.1 Å². The van der Waals surface area contributed by atoms with Crippen LogP contribution in [0.15, 0.2) is 69.3 Å². The van der Waals surface area contributed by atoms with Gasteiger partial charge in [0.05, 0.1) is 4.90 Å². The van der Waals surface area contributed by atoms with Crippen molar-refractivity contribution in [3.05, 3.63) is 71.3 Å². The van der Waals surface area contributed by atoms with E-state index in [9.17, 15) is 13.5 Å². The predicted molar refractivity (Wildman–Crippen MR) is 137 cm³/mol. The second-order valence-electron chi connectivity index (χ2n) is 8.30. The number of anilines is 1. The molecule has 1 heterocycles. The Morgan fingerprint density at radius 2 is 1.82 bits per heavy atom. The minimum absolute atomic E-state index is 0.0159. The summed E-state index contributed by atoms with van der Waals surface area (Å²) in [6.07, 6.45) is 0.571. The van der Waals surface area contributed by atoms with Crippen LogP contribution in [0.1, 0.15) is 30.5 Å². The Balaban J connectivity index is 1.56. The van der Waals surface area contributed by atoms with Gasteiger partial charge in [-0.25, -0.2) is 0 Å². The molecular weight excluding hydrogens is 468 g/mol. The number of nitrogens with zero attached hydrogens (tertiary/aromatic N) is 1. The van der Waals surface area contributed by atoms with Crippen molar-refractivity contribution in [1.29, 1.82) is 0 Å². The molecular formula is C26H30N2O4S2. The van der Waals surface area contributed by atoms with Gasteiger partial charge < -0.3 is 19.5 Å². The van der Waals surface area contributed by atoms with Crippen LogP contribution in [0, 0.1) is 6.92 Å². The topological polar surface area (TPSA) is 78.9 Å². The molecule has 0 atom stereocenters. The lowest BCUT2D eigenvalue weighted by Gasteiger charge is -2.24. The first kappa shape index (κ1) is 24.4. The highest BCUT2D eigenvalue weighted by molar-refractivity contribution is 7.99. The fraction of sp³-hybridized carbons (Fsp3) is 0.308. The molecule has 3 aromatic rings. The molecule has 2 N–H and O–H groups in total. The Hall–Kier alpha value is -2.68. The summed E-state index contributed by atoms with van der Waals surface area (Å²) in [7, 11) is -4.00. The van der Waals surface area contributed by atoms with Gasteiger partial charge in [0.15, 0.2) is 0 Å². The first-order valence-corrected chi connectivity index (χ1v) is 13.7. The summed E-state index contributed by atoms with van der Waals surface area (Å²) in [5, 5.41) is 14.2. The van der Waals surface area contributed by atoms with E-state index in [1.54, 1.807) is 18.2 Å². The molecule has 1 aliphatic rings. The van der Waals surface area contributed by atoms with Crippen LogP contribution in [0.5, 0.6) is 11.5 Å². The van der Waals surface area contributed by atoms with Crippen LogP contribution in [0.4, 0.5) is 5.69 Å². The lowest BCUT2D eigenvalue weighted by atomic mass is 10.0. The number of benzene rings is 3. The molecule has 0 aromatic heterocycles. The average molecular weight is 499 g/mol. The lowest BCUT2D eigenvalue weighted by Crippen LogP contribution is -2.28. The third-order valence-electron chi connectivity index (χ3n) is 5.99. The van der Waals surface area contributed by atoms with Crippen molar-refractivity contribution in [3.8, 4) is 11.5 Å². The molecule has 0 amide bonds. The van der Waals surface area contributed by atoms with Gasteiger partial charge in [0.25, 0.3) is 0 Å². The number of aryl methyl sites for hydroxylation is 1. The first-order valence-electron chi connectivity index (χ1n) is 11.4. The number of phenolic OH excluding ortho intramolecular Hbond substituents is 1. The zero-order chi connectivity index (χ0) is 24.3. The van der Waals surface area contributed by atoms with E-state index in [-0.39, 0.29) is 16.4 Å². The maximum absolute atomic E-state index is 12.7. The molecule has 0 spiro atoms. The SMILES string of the molecule is CCN(CC)CCNc1cccc2c1Cc1cc(OS(=O)(=O)c3ccc(C)cc3)cc(O)c1S2. The number of nitrogens with one attached hydrogen (secondary N) is 1. The van der Waals surface area contributed by atoms with Crippen molar-refractivity contribution >= 4 is 27.6 Å². The average Bonchev–Trinajstić information content (AvgIpc) is 2.81. The highest BCUT2D eigenvalue weighted by Crippen LogP contribution is 2.47. The fourth-order valence-electron chi connectivity index (χ4n) is 4.02. The van der Waals surface area contributed by atoms with Gasteiger partial charge in [-0.05, 0) is 61.5 Å². The zero-order valence-corrected chi connectivity index (χ0v) is 21.3. The van der Waals surface area contributed by atoms with Crippen LogP contribution >= 0.6 is 11.8 Å². The molecule has 0 fully saturated rings. The van der Waals surface area contributed by atoms with Crippen molar-refractivity contribution in [1.82, 2.24) is 4.90 Å². The molecule has 34 heavy (non-hydrogen) atoms. The lowest BCUT2D eigenvalue weighted by molar-refractivity contribution is 0.316. The van der Waals surface area contributed by atoms with Crippen molar-refractivity contribution in [2.45, 2.75) is 41.9 Å². The fourth-order valence-corrected chi connectivity index (χ4v) is 6.03. The maximum atomic E-state index is 12.7. The van der Waals surface area contributed by atoms with Crippen molar-refractivity contribution in [3.63, 3.8) is 0 Å². The number of hydrogen-bond donors (Lipinski definition) is 2. The third kappa shape index (κ3) is 5.35. The van der Waals surface area contributed by atoms with E-state index in [0.29, 0.717) is 6.42 Å². The van der Waals surface area contributed by atoms with E-state index in [1.165, 1.54) is 30.0 Å². The summed E-state index contributed by atoms with van der Waals surface area (Å²) >= 11 is 1.49. The van der Waals surface area contributed by atoms with Crippen LogP contribution in [-0.4, -0.2) is 44.6 Å². The van der Waals surface area contributed by atoms with Gasteiger partial charge in [0.2, 0.25) is 0 Å². The van der Waals surface area contributed by atoms with Gasteiger partial charge in [-0.15, -0.1) is 0 Å². The first-order chi connectivity index (χ1) is 16.3. The largest absolute Gasteiger partial charge is 0.507 e. The Labute approximate surface area is 206 Å². The number of likely N-dealkylation sites (N-methyl/N-ethyl adjacent to an activating group) is 1. The summed E-state index contributed by atoms with van der Waals surface area (Å²) in [5.74, 6) is 0.120. The molecule has 180 valence electrons. The van der Waals surface area contributed by atoms with Crippen molar-refractivity contribution in [2.24, 2.45) is 0 Å². The molecule has 1 aliphatic heterocycles. The normalized spacial score (nSPS) is 12.8. The number of rotatable bonds is 9. The van der Waals surface area contributed by atoms with Crippen molar-refractivity contribution in [2.75, 3.05) is 31.5 Å². The number of hydrogen-bond acceptors (Lipinski definition) is 7. The standard InChI is InChI=1S/C26H30N2O4S2/c1-4-28(5-2)14-13-27-23-7-6-8-25-22(23)16-19-15-20(17-24(29)26(19)33-25)32-34(30,31)21-11-9-18(3)10-12-21/h6-12,15,17,27,29H,4-5,13-14,16H2,1-3H3. The Bertz CT molecular complexity index is 1270. The van der Waals surface area contributed by atoms with Gasteiger partial charge >= 0.3 is 10.1 Å². The molecule has 0 bridgehead atoms. The van der Waals surface area contributed by atoms with Crippen LogP contribution in [-0.2, 0) is 16.5 Å².